The number of unbranched alkanes of at least 4 members (excludes halogenated alkanes) is 4. The Morgan fingerprint density at radius 3 is 2.61 bits per heavy atom. The maximum Gasteiger partial charge on any atom is 0.338 e. The van der Waals surface area contributed by atoms with Crippen LogP contribution in [0.2, 0.25) is 0 Å². The van der Waals surface area contributed by atoms with Crippen molar-refractivity contribution in [2.75, 3.05) is 11.9 Å². The Labute approximate surface area is 181 Å². The van der Waals surface area contributed by atoms with Gasteiger partial charge in [0.2, 0.25) is 5.95 Å². The number of anilines is 1. The van der Waals surface area contributed by atoms with Crippen LogP contribution in [0.3, 0.4) is 0 Å². The normalized spacial score (nSPS) is 15.6. The van der Waals surface area contributed by atoms with Gasteiger partial charge >= 0.3 is 5.97 Å². The molecule has 0 saturated heterocycles. The Morgan fingerprint density at radius 2 is 1.84 bits per heavy atom. The molecule has 0 fully saturated rings. The van der Waals surface area contributed by atoms with Crippen molar-refractivity contribution in [2.45, 2.75) is 52.0 Å². The average Bonchev–Trinajstić information content (AvgIpc) is 3.13. The van der Waals surface area contributed by atoms with Crippen LogP contribution in [0.5, 0.6) is 0 Å². The van der Waals surface area contributed by atoms with Crippen LogP contribution in [-0.2, 0) is 9.53 Å². The van der Waals surface area contributed by atoms with Gasteiger partial charge in [0.05, 0.1) is 29.3 Å². The van der Waals surface area contributed by atoms with Gasteiger partial charge in [-0.15, -0.1) is 0 Å². The molecule has 0 aliphatic carbocycles. The van der Waals surface area contributed by atoms with E-state index in [0.29, 0.717) is 23.8 Å². The molecule has 1 atom stereocenters. The van der Waals surface area contributed by atoms with E-state index >= 15 is 0 Å². The van der Waals surface area contributed by atoms with E-state index in [4.69, 9.17) is 4.74 Å². The minimum absolute atomic E-state index is 0.315. The number of para-hydroxylation sites is 2. The lowest BCUT2D eigenvalue weighted by atomic mass is 9.95. The van der Waals surface area contributed by atoms with Crippen molar-refractivity contribution in [3.05, 3.63) is 71.2 Å². The summed E-state index contributed by atoms with van der Waals surface area (Å²) in [5.41, 5.74) is 3.76. The highest BCUT2D eigenvalue weighted by molar-refractivity contribution is 5.94. The van der Waals surface area contributed by atoms with Crippen molar-refractivity contribution in [1.82, 2.24) is 9.55 Å². The van der Waals surface area contributed by atoms with Crippen LogP contribution in [0.1, 0.15) is 57.6 Å². The molecule has 1 aliphatic rings. The van der Waals surface area contributed by atoms with Gasteiger partial charge in [-0.2, -0.15) is 0 Å². The number of carbonyl (C=O) groups excluding carboxylic acids is 1. The molecule has 4 rings (SSSR count). The molecular weight excluding hydrogens is 393 g/mol. The first-order valence-corrected chi connectivity index (χ1v) is 11.0. The second-order valence-corrected chi connectivity index (χ2v) is 7.96. The van der Waals surface area contributed by atoms with Crippen LogP contribution in [-0.4, -0.2) is 22.1 Å². The summed E-state index contributed by atoms with van der Waals surface area (Å²) in [6, 6.07) is 13.6. The number of carbonyl (C=O) groups is 1. The van der Waals surface area contributed by atoms with Crippen molar-refractivity contribution in [1.29, 1.82) is 0 Å². The average molecular weight is 422 g/mol. The van der Waals surface area contributed by atoms with Crippen molar-refractivity contribution < 1.29 is 13.9 Å². The number of benzene rings is 2. The number of halogens is 1. The Balaban J connectivity index is 1.67. The van der Waals surface area contributed by atoms with Crippen LogP contribution in [0.4, 0.5) is 10.3 Å². The van der Waals surface area contributed by atoms with Crippen molar-refractivity contribution in [2.24, 2.45) is 0 Å². The molecule has 0 amide bonds. The molecule has 31 heavy (non-hydrogen) atoms. The lowest BCUT2D eigenvalue weighted by Gasteiger charge is -2.30. The maximum atomic E-state index is 13.6. The number of imidazole rings is 1. The summed E-state index contributed by atoms with van der Waals surface area (Å²) in [4.78, 5) is 17.9. The molecule has 5 nitrogen and oxygen atoms in total. The first-order valence-electron chi connectivity index (χ1n) is 11.0. The molecule has 0 saturated carbocycles. The van der Waals surface area contributed by atoms with E-state index in [1.165, 1.54) is 25.0 Å². The number of rotatable bonds is 8. The van der Waals surface area contributed by atoms with E-state index in [2.05, 4.69) is 17.2 Å². The summed E-state index contributed by atoms with van der Waals surface area (Å²) in [7, 11) is 0. The summed E-state index contributed by atoms with van der Waals surface area (Å²) in [6.45, 7) is 4.43. The van der Waals surface area contributed by atoms with Gasteiger partial charge in [-0.1, -0.05) is 56.9 Å². The van der Waals surface area contributed by atoms with E-state index < -0.39 is 6.04 Å². The number of hydrogen-bond donors (Lipinski definition) is 1. The number of nitrogens with zero attached hydrogens (tertiary/aromatic N) is 2. The number of ether oxygens (including phenoxy) is 1. The van der Waals surface area contributed by atoms with E-state index in [1.807, 2.05) is 35.8 Å². The van der Waals surface area contributed by atoms with E-state index in [0.717, 1.165) is 35.9 Å². The molecule has 0 bridgehead atoms. The molecule has 3 aromatic rings. The molecule has 162 valence electrons. The van der Waals surface area contributed by atoms with Crippen molar-refractivity contribution >= 4 is 23.0 Å². The van der Waals surface area contributed by atoms with Crippen LogP contribution in [0.15, 0.2) is 59.8 Å². The molecule has 0 spiro atoms. The smallest absolute Gasteiger partial charge is 0.338 e. The van der Waals surface area contributed by atoms with Crippen molar-refractivity contribution in [3.8, 4) is 0 Å². The van der Waals surface area contributed by atoms with Gasteiger partial charge in [-0.25, -0.2) is 14.2 Å². The minimum atomic E-state index is -0.447. The summed E-state index contributed by atoms with van der Waals surface area (Å²) in [5, 5.41) is 3.27. The Morgan fingerprint density at radius 1 is 1.10 bits per heavy atom. The second-order valence-electron chi connectivity index (χ2n) is 7.96. The molecule has 2 aromatic carbocycles. The largest absolute Gasteiger partial charge is 0.462 e. The first-order chi connectivity index (χ1) is 15.1. The Kier molecular flexibility index (Phi) is 6.35. The van der Waals surface area contributed by atoms with Crippen LogP contribution in [0.25, 0.3) is 11.0 Å². The zero-order valence-electron chi connectivity index (χ0n) is 18.0. The fourth-order valence-electron chi connectivity index (χ4n) is 4.14. The van der Waals surface area contributed by atoms with E-state index in [9.17, 15) is 9.18 Å². The zero-order valence-corrected chi connectivity index (χ0v) is 18.0. The molecule has 1 aliphatic heterocycles. The molecule has 0 radical (unpaired) electrons. The number of aromatic nitrogens is 2. The number of esters is 1. The van der Waals surface area contributed by atoms with Gasteiger partial charge in [-0.3, -0.25) is 4.57 Å². The number of hydrogen-bond acceptors (Lipinski definition) is 4. The number of nitrogens with one attached hydrogen (secondary N) is 1. The SMILES string of the molecule is CCCCCCCOC(=O)C1=C(C)Nc2nc3ccccc3n2[C@@H]1c1ccc(F)cc1. The lowest BCUT2D eigenvalue weighted by molar-refractivity contribution is -0.139. The van der Waals surface area contributed by atoms with E-state index in [1.54, 1.807) is 12.1 Å². The number of fused-ring (bicyclic) bond motifs is 3. The highest BCUT2D eigenvalue weighted by Crippen LogP contribution is 2.39. The molecule has 6 heteroatoms. The predicted octanol–water partition coefficient (Wildman–Crippen LogP) is 5.98. The van der Waals surface area contributed by atoms with Crippen LogP contribution >= 0.6 is 0 Å². The maximum absolute atomic E-state index is 13.6. The van der Waals surface area contributed by atoms with Gasteiger partial charge in [0, 0.05) is 5.70 Å². The topological polar surface area (TPSA) is 56.1 Å². The highest BCUT2D eigenvalue weighted by Gasteiger charge is 2.34. The van der Waals surface area contributed by atoms with Crippen LogP contribution < -0.4 is 5.32 Å². The van der Waals surface area contributed by atoms with Gasteiger partial charge < -0.3 is 10.1 Å². The third-order valence-corrected chi connectivity index (χ3v) is 5.72. The lowest BCUT2D eigenvalue weighted by Crippen LogP contribution is -2.29. The zero-order chi connectivity index (χ0) is 21.8. The molecule has 0 unspecified atom stereocenters. The molecular formula is C25H28FN3O2. The van der Waals surface area contributed by atoms with E-state index in [-0.39, 0.29) is 11.8 Å². The molecule has 1 aromatic heterocycles. The van der Waals surface area contributed by atoms with Crippen molar-refractivity contribution in [3.63, 3.8) is 0 Å². The summed E-state index contributed by atoms with van der Waals surface area (Å²) >= 11 is 0. The summed E-state index contributed by atoms with van der Waals surface area (Å²) in [5.74, 6) is -0.00677. The second kappa shape index (κ2) is 9.33. The Hall–Kier alpha value is -3.15. The summed E-state index contributed by atoms with van der Waals surface area (Å²) in [6.07, 6.45) is 5.43. The third kappa shape index (κ3) is 4.33. The van der Waals surface area contributed by atoms with Gasteiger partial charge in [0.15, 0.2) is 0 Å². The quantitative estimate of drug-likeness (QED) is 0.359. The van der Waals surface area contributed by atoms with Crippen LogP contribution in [0, 0.1) is 5.82 Å². The van der Waals surface area contributed by atoms with Gasteiger partial charge in [0.25, 0.3) is 0 Å². The first kappa shape index (κ1) is 21.1. The molecule has 2 heterocycles. The Bertz CT molecular complexity index is 1100. The third-order valence-electron chi connectivity index (χ3n) is 5.72. The van der Waals surface area contributed by atoms with Gasteiger partial charge in [-0.05, 0) is 43.2 Å². The summed E-state index contributed by atoms with van der Waals surface area (Å²) < 4.78 is 21.3. The molecule has 1 N–H and O–H groups in total. The monoisotopic (exact) mass is 421 g/mol. The standard InChI is InChI=1S/C25H28FN3O2/c1-3-4-5-6-9-16-31-24(30)22-17(2)27-25-28-20-10-7-8-11-21(20)29(25)23(22)18-12-14-19(26)15-13-18/h7-8,10-15,23H,3-6,9,16H2,1-2H3,(H,27,28)/t23-/m1/s1. The fraction of sp³-hybridized carbons (Fsp3) is 0.360. The predicted molar refractivity (Wildman–Crippen MR) is 120 cm³/mol. The number of allylic oxidation sites excluding steroid dienone is 1. The van der Waals surface area contributed by atoms with Gasteiger partial charge in [0.1, 0.15) is 5.82 Å². The fourth-order valence-corrected chi connectivity index (χ4v) is 4.14. The minimum Gasteiger partial charge on any atom is -0.462 e. The highest BCUT2D eigenvalue weighted by atomic mass is 19.1.